The second kappa shape index (κ2) is 53.1. The van der Waals surface area contributed by atoms with Crippen LogP contribution in [0.5, 0.6) is 0 Å². The van der Waals surface area contributed by atoms with Crippen LogP contribution in [-0.2, 0) is 0 Å². The number of unbranched alkanes of at least 4 members (excludes halogenated alkanes) is 16. The molecule has 0 aliphatic carbocycles. The van der Waals surface area contributed by atoms with E-state index < -0.39 is 0 Å². The van der Waals surface area contributed by atoms with E-state index in [0.717, 1.165) is 5.92 Å². The van der Waals surface area contributed by atoms with Gasteiger partial charge < -0.3 is 0 Å². The lowest BCUT2D eigenvalue weighted by atomic mass is 9.92. The first-order chi connectivity index (χ1) is 18.5. The predicted octanol–water partition coefficient (Wildman–Crippen LogP) is 15.7. The van der Waals surface area contributed by atoms with Crippen LogP contribution in [0.1, 0.15) is 230 Å². The number of rotatable bonds is 23. The summed E-state index contributed by atoms with van der Waals surface area (Å²) in [5, 5.41) is 0. The van der Waals surface area contributed by atoms with Crippen molar-refractivity contribution in [3.63, 3.8) is 0 Å². The van der Waals surface area contributed by atoms with E-state index >= 15 is 0 Å². The van der Waals surface area contributed by atoms with Gasteiger partial charge in [0.25, 0.3) is 0 Å². The summed E-state index contributed by atoms with van der Waals surface area (Å²) in [5.74, 6) is 1.03. The molecule has 1 atom stereocenters. The summed E-state index contributed by atoms with van der Waals surface area (Å²) in [6.45, 7) is 27.7. The minimum absolute atomic E-state index is 1.03. The summed E-state index contributed by atoms with van der Waals surface area (Å²) in [4.78, 5) is 0. The van der Waals surface area contributed by atoms with Gasteiger partial charge in [-0.15, -0.1) is 6.58 Å². The van der Waals surface area contributed by atoms with Crippen molar-refractivity contribution in [1.29, 1.82) is 0 Å². The molecule has 0 amide bonds. The van der Waals surface area contributed by atoms with E-state index in [0.29, 0.717) is 0 Å². The topological polar surface area (TPSA) is 0 Å². The Bertz CT molecular complexity index is 327. The summed E-state index contributed by atoms with van der Waals surface area (Å²) in [5.41, 5.74) is 1.33. The van der Waals surface area contributed by atoms with E-state index in [-0.39, 0.29) is 0 Å². The van der Waals surface area contributed by atoms with Crippen molar-refractivity contribution in [2.45, 2.75) is 230 Å². The van der Waals surface area contributed by atoms with Gasteiger partial charge in [-0.05, 0) is 25.7 Å². The van der Waals surface area contributed by atoms with Gasteiger partial charge in [-0.2, -0.15) is 0 Å². The van der Waals surface area contributed by atoms with E-state index in [1.807, 2.05) is 27.7 Å². The van der Waals surface area contributed by atoms with E-state index in [2.05, 4.69) is 55.0 Å². The van der Waals surface area contributed by atoms with Crippen LogP contribution in [0.25, 0.3) is 0 Å². The molecule has 0 aromatic carbocycles. The molecule has 1 unspecified atom stereocenters. The SMILES string of the molecule is C=C(C)CCCCCCCC.CC.CC.CCCCC.CCCCCCCCC(CC)CCCCCCC. The van der Waals surface area contributed by atoms with Gasteiger partial charge in [-0.1, -0.05) is 216 Å². The Morgan fingerprint density at radius 3 is 0.974 bits per heavy atom. The van der Waals surface area contributed by atoms with Crippen molar-refractivity contribution in [3.8, 4) is 0 Å². The van der Waals surface area contributed by atoms with Crippen molar-refractivity contribution in [3.05, 3.63) is 12.2 Å². The largest absolute Gasteiger partial charge is 0.100 e. The van der Waals surface area contributed by atoms with Crippen LogP contribution in [0, 0.1) is 5.92 Å². The Morgan fingerprint density at radius 1 is 0.421 bits per heavy atom. The summed E-state index contributed by atoms with van der Waals surface area (Å²) in [6.07, 6.45) is 34.0. The molecule has 0 heteroatoms. The monoisotopic (exact) mass is 541 g/mol. The molecule has 0 saturated carbocycles. The first kappa shape index (κ1) is 47.5. The number of allylic oxidation sites excluding steroid dienone is 1. The highest BCUT2D eigenvalue weighted by Crippen LogP contribution is 2.21. The minimum Gasteiger partial charge on any atom is -0.100 e. The van der Waals surface area contributed by atoms with E-state index in [1.165, 1.54) is 160 Å². The predicted molar refractivity (Wildman–Crippen MR) is 186 cm³/mol. The van der Waals surface area contributed by atoms with Crippen molar-refractivity contribution in [2.75, 3.05) is 0 Å². The summed E-state index contributed by atoms with van der Waals surface area (Å²) < 4.78 is 0. The van der Waals surface area contributed by atoms with Crippen LogP contribution >= 0.6 is 0 Å². The van der Waals surface area contributed by atoms with Gasteiger partial charge in [0, 0.05) is 0 Å². The fraction of sp³-hybridized carbons (Fsp3) is 0.947. The van der Waals surface area contributed by atoms with Crippen LogP contribution in [0.2, 0.25) is 0 Å². The lowest BCUT2D eigenvalue weighted by Gasteiger charge is -2.14. The molecule has 38 heavy (non-hydrogen) atoms. The zero-order valence-corrected chi connectivity index (χ0v) is 29.8. The minimum atomic E-state index is 1.03. The lowest BCUT2D eigenvalue weighted by molar-refractivity contribution is 0.393. The quantitative estimate of drug-likeness (QED) is 0.0892. The first-order valence-corrected chi connectivity index (χ1v) is 18.2. The van der Waals surface area contributed by atoms with Gasteiger partial charge >= 0.3 is 0 Å². The fourth-order valence-corrected chi connectivity index (χ4v) is 4.36. The normalized spacial score (nSPS) is 10.4. The molecule has 0 aliphatic rings. The van der Waals surface area contributed by atoms with Crippen molar-refractivity contribution in [1.82, 2.24) is 0 Å². The van der Waals surface area contributed by atoms with Crippen LogP contribution in [0.3, 0.4) is 0 Å². The highest BCUT2D eigenvalue weighted by atomic mass is 14.1. The first-order valence-electron chi connectivity index (χ1n) is 18.2. The average molecular weight is 541 g/mol. The molecule has 0 radical (unpaired) electrons. The maximum atomic E-state index is 3.89. The Balaban J connectivity index is -0.000000154. The van der Waals surface area contributed by atoms with Gasteiger partial charge in [-0.3, -0.25) is 0 Å². The van der Waals surface area contributed by atoms with Gasteiger partial charge in [0.15, 0.2) is 0 Å². The molecule has 0 aromatic rings. The van der Waals surface area contributed by atoms with Gasteiger partial charge in [0.2, 0.25) is 0 Å². The molecule has 0 saturated heterocycles. The Labute approximate surface area is 248 Å². The molecule has 0 bridgehead atoms. The van der Waals surface area contributed by atoms with Gasteiger partial charge in [0.1, 0.15) is 0 Å². The van der Waals surface area contributed by atoms with Crippen LogP contribution in [0.15, 0.2) is 12.2 Å². The van der Waals surface area contributed by atoms with Crippen LogP contribution in [0.4, 0.5) is 0 Å². The van der Waals surface area contributed by atoms with Crippen LogP contribution < -0.4 is 0 Å². The smallest absolute Gasteiger partial charge is 0.0326 e. The molecule has 0 rings (SSSR count). The molecule has 0 fully saturated rings. The molecule has 0 aliphatic heterocycles. The second-order valence-electron chi connectivity index (χ2n) is 10.9. The summed E-state index contributed by atoms with van der Waals surface area (Å²) in [6, 6.07) is 0. The zero-order chi connectivity index (χ0) is 30.1. The lowest BCUT2D eigenvalue weighted by Crippen LogP contribution is -1.99. The zero-order valence-electron chi connectivity index (χ0n) is 29.8. The Kier molecular flexibility index (Phi) is 66.4. The van der Waals surface area contributed by atoms with Gasteiger partial charge in [0.05, 0.1) is 0 Å². The maximum absolute atomic E-state index is 3.89. The maximum Gasteiger partial charge on any atom is -0.0326 e. The van der Waals surface area contributed by atoms with Crippen molar-refractivity contribution in [2.24, 2.45) is 5.92 Å². The molecule has 0 heterocycles. The standard InChI is InChI=1S/C18H38.C11H22.C5H12.2C2H6/c1-4-7-9-11-13-15-17-18(6-3)16-14-12-10-8-5-2;1-4-5-6-7-8-9-10-11(2)3;1-3-5-4-2;2*1-2/h18H,4-17H2,1-3H3;2,4-10H2,1,3H3;3-5H2,1-2H3;2*1-2H3. The van der Waals surface area contributed by atoms with Crippen molar-refractivity contribution < 1.29 is 0 Å². The third-order valence-electron chi connectivity index (χ3n) is 6.92. The fourth-order valence-electron chi connectivity index (χ4n) is 4.36. The van der Waals surface area contributed by atoms with E-state index in [4.69, 9.17) is 0 Å². The third-order valence-corrected chi connectivity index (χ3v) is 6.92. The molecule has 0 nitrogen and oxygen atoms in total. The molecule has 236 valence electrons. The molecule has 0 N–H and O–H groups in total. The Hall–Kier alpha value is -0.260. The second-order valence-corrected chi connectivity index (χ2v) is 10.9. The van der Waals surface area contributed by atoms with Crippen molar-refractivity contribution >= 4 is 0 Å². The number of hydrogen-bond acceptors (Lipinski definition) is 0. The molecular formula is C38H84. The van der Waals surface area contributed by atoms with Gasteiger partial charge in [-0.25, -0.2) is 0 Å². The number of hydrogen-bond donors (Lipinski definition) is 0. The van der Waals surface area contributed by atoms with E-state index in [1.54, 1.807) is 0 Å². The molecule has 0 aromatic heterocycles. The summed E-state index contributed by atoms with van der Waals surface area (Å²) >= 11 is 0. The molecular weight excluding hydrogens is 456 g/mol. The highest BCUT2D eigenvalue weighted by molar-refractivity contribution is 4.86. The summed E-state index contributed by atoms with van der Waals surface area (Å²) in [7, 11) is 0. The highest BCUT2D eigenvalue weighted by Gasteiger charge is 2.05. The third kappa shape index (κ3) is 60.3. The molecule has 0 spiro atoms. The van der Waals surface area contributed by atoms with Crippen LogP contribution in [-0.4, -0.2) is 0 Å². The Morgan fingerprint density at radius 2 is 0.711 bits per heavy atom. The van der Waals surface area contributed by atoms with E-state index in [9.17, 15) is 0 Å². The average Bonchev–Trinajstić information content (AvgIpc) is 2.94.